The van der Waals surface area contributed by atoms with Crippen LogP contribution in [-0.2, 0) is 16.8 Å². The van der Waals surface area contributed by atoms with Crippen molar-refractivity contribution in [1.82, 2.24) is 15.1 Å². The van der Waals surface area contributed by atoms with Crippen LogP contribution in [0, 0.1) is 5.92 Å². The quantitative estimate of drug-likeness (QED) is 0.909. The molecule has 1 aliphatic rings. The van der Waals surface area contributed by atoms with Crippen LogP contribution in [0.1, 0.15) is 46.1 Å². The summed E-state index contributed by atoms with van der Waals surface area (Å²) in [4.78, 5) is 0. The van der Waals surface area contributed by atoms with E-state index < -0.39 is 0 Å². The van der Waals surface area contributed by atoms with Gasteiger partial charge in [0, 0.05) is 37.6 Å². The van der Waals surface area contributed by atoms with Gasteiger partial charge >= 0.3 is 0 Å². The van der Waals surface area contributed by atoms with Gasteiger partial charge in [0.05, 0.1) is 11.7 Å². The molecule has 1 atom stereocenters. The summed E-state index contributed by atoms with van der Waals surface area (Å²) >= 11 is 0. The Morgan fingerprint density at radius 1 is 1.42 bits per heavy atom. The molecule has 1 fully saturated rings. The number of nitrogens with zero attached hydrogens (tertiary/aromatic N) is 2. The molecule has 0 amide bonds. The smallest absolute Gasteiger partial charge is 0.0543 e. The van der Waals surface area contributed by atoms with Crippen LogP contribution in [0.5, 0.6) is 0 Å². The molecule has 4 heteroatoms. The molecule has 0 bridgehead atoms. The van der Waals surface area contributed by atoms with Crippen LogP contribution in [0.4, 0.5) is 0 Å². The van der Waals surface area contributed by atoms with E-state index in [0.29, 0.717) is 6.04 Å². The van der Waals surface area contributed by atoms with Gasteiger partial charge in [-0.2, -0.15) is 5.10 Å². The normalized spacial score (nSPS) is 19.6. The third kappa shape index (κ3) is 4.05. The minimum Gasteiger partial charge on any atom is -0.381 e. The molecule has 108 valence electrons. The molecule has 1 N–H and O–H groups in total. The Kier molecular flexibility index (Phi) is 4.63. The second-order valence-electron chi connectivity index (χ2n) is 6.58. The molecule has 0 aromatic carbocycles. The van der Waals surface area contributed by atoms with Crippen molar-refractivity contribution in [2.75, 3.05) is 13.2 Å². The maximum atomic E-state index is 5.41. The minimum absolute atomic E-state index is 0.0601. The van der Waals surface area contributed by atoms with Gasteiger partial charge in [-0.15, -0.1) is 0 Å². The summed E-state index contributed by atoms with van der Waals surface area (Å²) < 4.78 is 7.44. The first-order chi connectivity index (χ1) is 8.97. The summed E-state index contributed by atoms with van der Waals surface area (Å²) in [5.74, 6) is 0.742. The first-order valence-electron chi connectivity index (χ1n) is 7.32. The van der Waals surface area contributed by atoms with Crippen molar-refractivity contribution in [1.29, 1.82) is 0 Å². The van der Waals surface area contributed by atoms with Gasteiger partial charge in [0.2, 0.25) is 0 Å². The molecule has 2 rings (SSSR count). The van der Waals surface area contributed by atoms with Crippen LogP contribution in [0.3, 0.4) is 0 Å². The number of hydrogen-bond donors (Lipinski definition) is 1. The molecule has 4 nitrogen and oxygen atoms in total. The van der Waals surface area contributed by atoms with Gasteiger partial charge in [-0.05, 0) is 46.5 Å². The Balaban J connectivity index is 1.83. The molecule has 1 aromatic rings. The van der Waals surface area contributed by atoms with E-state index in [1.807, 2.05) is 10.9 Å². The highest BCUT2D eigenvalue weighted by Gasteiger charge is 2.20. The second-order valence-corrected chi connectivity index (χ2v) is 6.58. The fraction of sp³-hybridized carbons (Fsp3) is 0.800. The molecule has 1 saturated heterocycles. The molecule has 2 heterocycles. The van der Waals surface area contributed by atoms with Gasteiger partial charge in [-0.3, -0.25) is 4.68 Å². The van der Waals surface area contributed by atoms with Crippen LogP contribution in [0.15, 0.2) is 12.4 Å². The zero-order valence-corrected chi connectivity index (χ0v) is 12.6. The Morgan fingerprint density at radius 3 is 2.68 bits per heavy atom. The number of ether oxygens (including phenoxy) is 1. The Morgan fingerprint density at radius 2 is 2.11 bits per heavy atom. The van der Waals surface area contributed by atoms with E-state index in [1.54, 1.807) is 0 Å². The maximum absolute atomic E-state index is 5.41. The van der Waals surface area contributed by atoms with E-state index in [0.717, 1.165) is 25.7 Å². The van der Waals surface area contributed by atoms with Crippen LogP contribution < -0.4 is 5.32 Å². The lowest BCUT2D eigenvalue weighted by atomic mass is 9.93. The van der Waals surface area contributed by atoms with Crippen LogP contribution in [-0.4, -0.2) is 29.0 Å². The monoisotopic (exact) mass is 265 g/mol. The molecular weight excluding hydrogens is 238 g/mol. The standard InChI is InChI=1S/C15H27N3O/c1-12(14-5-7-19-8-6-14)16-9-13-10-17-18(11-13)15(2,3)4/h10-12,14,16H,5-9H2,1-4H3. The molecule has 19 heavy (non-hydrogen) atoms. The predicted octanol–water partition coefficient (Wildman–Crippen LogP) is 2.54. The Bertz CT molecular complexity index is 388. The van der Waals surface area contributed by atoms with Crippen molar-refractivity contribution in [3.8, 4) is 0 Å². The largest absolute Gasteiger partial charge is 0.381 e. The Labute approximate surface area is 116 Å². The fourth-order valence-corrected chi connectivity index (χ4v) is 2.48. The SMILES string of the molecule is CC(NCc1cnn(C(C)(C)C)c1)C1CCOCC1. The van der Waals surface area contributed by atoms with E-state index in [2.05, 4.69) is 44.3 Å². The average Bonchev–Trinajstić information content (AvgIpc) is 2.86. The van der Waals surface area contributed by atoms with Crippen molar-refractivity contribution in [2.24, 2.45) is 5.92 Å². The highest BCUT2D eigenvalue weighted by Crippen LogP contribution is 2.19. The van der Waals surface area contributed by atoms with Crippen molar-refractivity contribution in [2.45, 2.75) is 58.7 Å². The molecule has 0 radical (unpaired) electrons. The number of rotatable bonds is 4. The van der Waals surface area contributed by atoms with Gasteiger partial charge in [0.25, 0.3) is 0 Å². The second kappa shape index (κ2) is 6.06. The summed E-state index contributed by atoms with van der Waals surface area (Å²) in [6.07, 6.45) is 6.46. The van der Waals surface area contributed by atoms with Gasteiger partial charge in [0.1, 0.15) is 0 Å². The zero-order chi connectivity index (χ0) is 13.9. The Hall–Kier alpha value is -0.870. The molecule has 1 aliphatic heterocycles. The van der Waals surface area contributed by atoms with E-state index in [9.17, 15) is 0 Å². The molecular formula is C15H27N3O. The lowest BCUT2D eigenvalue weighted by molar-refractivity contribution is 0.0558. The first kappa shape index (κ1) is 14.5. The lowest BCUT2D eigenvalue weighted by Crippen LogP contribution is -2.36. The zero-order valence-electron chi connectivity index (χ0n) is 12.6. The summed E-state index contributed by atoms with van der Waals surface area (Å²) in [5, 5.41) is 8.06. The summed E-state index contributed by atoms with van der Waals surface area (Å²) in [7, 11) is 0. The summed E-state index contributed by atoms with van der Waals surface area (Å²) in [6, 6.07) is 0.543. The average molecular weight is 265 g/mol. The molecule has 1 unspecified atom stereocenters. The summed E-state index contributed by atoms with van der Waals surface area (Å²) in [6.45, 7) is 11.5. The van der Waals surface area contributed by atoms with Crippen LogP contribution >= 0.6 is 0 Å². The summed E-state index contributed by atoms with van der Waals surface area (Å²) in [5.41, 5.74) is 1.32. The molecule has 0 spiro atoms. The van der Waals surface area contributed by atoms with Crippen molar-refractivity contribution >= 4 is 0 Å². The van der Waals surface area contributed by atoms with Crippen molar-refractivity contribution < 1.29 is 4.74 Å². The molecule has 0 aliphatic carbocycles. The van der Waals surface area contributed by atoms with E-state index >= 15 is 0 Å². The van der Waals surface area contributed by atoms with Gasteiger partial charge in [-0.25, -0.2) is 0 Å². The van der Waals surface area contributed by atoms with Crippen molar-refractivity contribution in [3.63, 3.8) is 0 Å². The first-order valence-corrected chi connectivity index (χ1v) is 7.32. The maximum Gasteiger partial charge on any atom is 0.0543 e. The highest BCUT2D eigenvalue weighted by molar-refractivity contribution is 5.05. The third-order valence-electron chi connectivity index (χ3n) is 3.92. The predicted molar refractivity (Wildman–Crippen MR) is 77.1 cm³/mol. The van der Waals surface area contributed by atoms with Crippen LogP contribution in [0.2, 0.25) is 0 Å². The third-order valence-corrected chi connectivity index (χ3v) is 3.92. The number of nitrogens with one attached hydrogen (secondary N) is 1. The van der Waals surface area contributed by atoms with Gasteiger partial charge in [0.15, 0.2) is 0 Å². The van der Waals surface area contributed by atoms with Gasteiger partial charge in [-0.1, -0.05) is 0 Å². The lowest BCUT2D eigenvalue weighted by Gasteiger charge is -2.28. The van der Waals surface area contributed by atoms with Crippen molar-refractivity contribution in [3.05, 3.63) is 18.0 Å². The highest BCUT2D eigenvalue weighted by atomic mass is 16.5. The van der Waals surface area contributed by atoms with Gasteiger partial charge < -0.3 is 10.1 Å². The number of aromatic nitrogens is 2. The fourth-order valence-electron chi connectivity index (χ4n) is 2.48. The van der Waals surface area contributed by atoms with Crippen LogP contribution in [0.25, 0.3) is 0 Å². The van der Waals surface area contributed by atoms with E-state index in [1.165, 1.54) is 18.4 Å². The molecule has 0 saturated carbocycles. The topological polar surface area (TPSA) is 39.1 Å². The molecule has 1 aromatic heterocycles. The minimum atomic E-state index is 0.0601. The van der Waals surface area contributed by atoms with E-state index in [-0.39, 0.29) is 5.54 Å². The number of hydrogen-bond acceptors (Lipinski definition) is 3. The van der Waals surface area contributed by atoms with E-state index in [4.69, 9.17) is 4.74 Å².